The van der Waals surface area contributed by atoms with Crippen molar-refractivity contribution in [3.05, 3.63) is 23.5 Å². The zero-order valence-corrected chi connectivity index (χ0v) is 11.5. The third kappa shape index (κ3) is 6.21. The highest BCUT2D eigenvalue weighted by molar-refractivity contribution is 5.29. The van der Waals surface area contributed by atoms with E-state index in [1.165, 1.54) is 0 Å². The Morgan fingerprint density at radius 1 is 1.35 bits per heavy atom. The summed E-state index contributed by atoms with van der Waals surface area (Å²) in [5, 5.41) is 0. The topological polar surface area (TPSA) is 57.4 Å². The van der Waals surface area contributed by atoms with Crippen molar-refractivity contribution >= 4 is 0 Å². The highest BCUT2D eigenvalue weighted by Crippen LogP contribution is 2.20. The van der Waals surface area contributed by atoms with Crippen molar-refractivity contribution in [2.45, 2.75) is 38.9 Å². The summed E-state index contributed by atoms with van der Waals surface area (Å²) in [6.07, 6.45) is -3.07. The van der Waals surface area contributed by atoms with Crippen LogP contribution >= 0.6 is 0 Å². The van der Waals surface area contributed by atoms with E-state index >= 15 is 0 Å². The van der Waals surface area contributed by atoms with Gasteiger partial charge in [0.15, 0.2) is 6.79 Å². The Labute approximate surface area is 116 Å². The van der Waals surface area contributed by atoms with Gasteiger partial charge in [0.2, 0.25) is 0 Å². The molecule has 0 aliphatic carbocycles. The molecule has 0 aromatic carbocycles. The first kappa shape index (κ1) is 16.7. The van der Waals surface area contributed by atoms with Crippen molar-refractivity contribution in [3.8, 4) is 5.75 Å². The van der Waals surface area contributed by atoms with Crippen LogP contribution in [0.4, 0.5) is 13.2 Å². The zero-order valence-electron chi connectivity index (χ0n) is 11.5. The van der Waals surface area contributed by atoms with Gasteiger partial charge in [-0.2, -0.15) is 13.2 Å². The number of pyridine rings is 1. The van der Waals surface area contributed by atoms with Gasteiger partial charge in [-0.25, -0.2) is 0 Å². The molecule has 4 nitrogen and oxygen atoms in total. The first-order valence-electron chi connectivity index (χ1n) is 6.31. The molecular weight excluding hydrogens is 273 g/mol. The fourth-order valence-corrected chi connectivity index (χ4v) is 1.53. The van der Waals surface area contributed by atoms with E-state index in [1.807, 2.05) is 13.8 Å². The number of alkyl halides is 3. The lowest BCUT2D eigenvalue weighted by Crippen LogP contribution is -2.23. The fourth-order valence-electron chi connectivity index (χ4n) is 1.53. The van der Waals surface area contributed by atoms with Crippen molar-refractivity contribution < 1.29 is 22.6 Å². The van der Waals surface area contributed by atoms with Gasteiger partial charge in [-0.15, -0.1) is 0 Å². The maximum Gasteiger partial charge on any atom is 0.411 e. The molecular formula is C13H19F3N2O2. The van der Waals surface area contributed by atoms with Gasteiger partial charge in [0, 0.05) is 18.2 Å². The number of halogens is 3. The van der Waals surface area contributed by atoms with Gasteiger partial charge in [0.05, 0.1) is 5.69 Å². The molecule has 20 heavy (non-hydrogen) atoms. The minimum absolute atomic E-state index is 0.0669. The molecule has 1 unspecified atom stereocenters. The van der Waals surface area contributed by atoms with Gasteiger partial charge in [0.1, 0.15) is 12.4 Å². The lowest BCUT2D eigenvalue weighted by Gasteiger charge is -2.14. The monoisotopic (exact) mass is 292 g/mol. The molecule has 1 rings (SSSR count). The lowest BCUT2D eigenvalue weighted by molar-refractivity contribution is -0.186. The average molecular weight is 292 g/mol. The number of rotatable bonds is 7. The van der Waals surface area contributed by atoms with E-state index in [1.54, 1.807) is 12.1 Å². The average Bonchev–Trinajstić information content (AvgIpc) is 2.35. The van der Waals surface area contributed by atoms with Gasteiger partial charge < -0.3 is 15.2 Å². The van der Waals surface area contributed by atoms with Gasteiger partial charge in [-0.3, -0.25) is 4.98 Å². The van der Waals surface area contributed by atoms with Crippen LogP contribution < -0.4 is 10.5 Å². The minimum atomic E-state index is -4.36. The molecule has 1 atom stereocenters. The smallest absolute Gasteiger partial charge is 0.411 e. The van der Waals surface area contributed by atoms with Crippen LogP contribution in [-0.2, 0) is 11.2 Å². The summed E-state index contributed by atoms with van der Waals surface area (Å²) >= 11 is 0. The SMILES string of the molecule is CCC(N)Cc1nc(C)ccc1OCOCC(F)(F)F. The normalized spacial score (nSPS) is 13.3. The summed E-state index contributed by atoms with van der Waals surface area (Å²) in [7, 11) is 0. The quantitative estimate of drug-likeness (QED) is 0.620. The molecule has 1 aromatic heterocycles. The van der Waals surface area contributed by atoms with Crippen LogP contribution in [0.15, 0.2) is 12.1 Å². The van der Waals surface area contributed by atoms with E-state index in [9.17, 15) is 13.2 Å². The minimum Gasteiger partial charge on any atom is -0.466 e. The second-order valence-electron chi connectivity index (χ2n) is 4.50. The predicted octanol–water partition coefficient (Wildman–Crippen LogP) is 2.59. The van der Waals surface area contributed by atoms with Crippen molar-refractivity contribution in [1.82, 2.24) is 4.98 Å². The Bertz CT molecular complexity index is 425. The molecule has 0 saturated heterocycles. The Morgan fingerprint density at radius 3 is 2.65 bits per heavy atom. The third-order valence-corrected chi connectivity index (χ3v) is 2.62. The van der Waals surface area contributed by atoms with Crippen LogP contribution in [0.2, 0.25) is 0 Å². The first-order chi connectivity index (χ1) is 9.31. The van der Waals surface area contributed by atoms with Crippen molar-refractivity contribution in [2.75, 3.05) is 13.4 Å². The maximum atomic E-state index is 11.9. The van der Waals surface area contributed by atoms with Crippen LogP contribution in [0, 0.1) is 6.92 Å². The van der Waals surface area contributed by atoms with E-state index in [0.717, 1.165) is 12.1 Å². The summed E-state index contributed by atoms with van der Waals surface area (Å²) in [6, 6.07) is 3.32. The second kappa shape index (κ2) is 7.44. The zero-order chi connectivity index (χ0) is 15.2. The molecule has 1 heterocycles. The molecule has 0 saturated carbocycles. The van der Waals surface area contributed by atoms with Gasteiger partial charge in [-0.05, 0) is 25.5 Å². The molecule has 0 aliphatic heterocycles. The second-order valence-corrected chi connectivity index (χ2v) is 4.50. The molecule has 7 heteroatoms. The number of nitrogens with zero attached hydrogens (tertiary/aromatic N) is 1. The first-order valence-corrected chi connectivity index (χ1v) is 6.31. The van der Waals surface area contributed by atoms with E-state index in [4.69, 9.17) is 10.5 Å². The van der Waals surface area contributed by atoms with E-state index in [0.29, 0.717) is 17.9 Å². The van der Waals surface area contributed by atoms with Crippen molar-refractivity contribution in [2.24, 2.45) is 5.73 Å². The largest absolute Gasteiger partial charge is 0.466 e. The van der Waals surface area contributed by atoms with Crippen LogP contribution in [0.1, 0.15) is 24.7 Å². The number of hydrogen-bond acceptors (Lipinski definition) is 4. The molecule has 0 spiro atoms. The van der Waals surface area contributed by atoms with Gasteiger partial charge in [0.25, 0.3) is 0 Å². The summed E-state index contributed by atoms with van der Waals surface area (Å²) in [5.41, 5.74) is 7.29. The summed E-state index contributed by atoms with van der Waals surface area (Å²) in [4.78, 5) is 4.31. The van der Waals surface area contributed by atoms with Crippen LogP contribution in [0.25, 0.3) is 0 Å². The molecule has 114 valence electrons. The molecule has 0 radical (unpaired) electrons. The van der Waals surface area contributed by atoms with Crippen LogP contribution in [-0.4, -0.2) is 30.6 Å². The van der Waals surface area contributed by atoms with Gasteiger partial charge in [-0.1, -0.05) is 6.92 Å². The third-order valence-electron chi connectivity index (χ3n) is 2.62. The summed E-state index contributed by atoms with van der Waals surface area (Å²) in [5.74, 6) is 0.404. The highest BCUT2D eigenvalue weighted by Gasteiger charge is 2.27. The Kier molecular flexibility index (Phi) is 6.22. The molecule has 0 amide bonds. The van der Waals surface area contributed by atoms with Gasteiger partial charge >= 0.3 is 6.18 Å². The number of nitrogens with two attached hydrogens (primary N) is 1. The molecule has 1 aromatic rings. The fraction of sp³-hybridized carbons (Fsp3) is 0.615. The summed E-state index contributed by atoms with van der Waals surface area (Å²) in [6.45, 7) is 1.97. The van der Waals surface area contributed by atoms with Crippen LogP contribution in [0.5, 0.6) is 5.75 Å². The Morgan fingerprint density at radius 2 is 2.05 bits per heavy atom. The van der Waals surface area contributed by atoms with Crippen LogP contribution in [0.3, 0.4) is 0 Å². The van der Waals surface area contributed by atoms with Crippen molar-refractivity contribution in [3.63, 3.8) is 0 Å². The summed E-state index contributed by atoms with van der Waals surface area (Å²) < 4.78 is 45.4. The predicted molar refractivity (Wildman–Crippen MR) is 68.4 cm³/mol. The molecule has 2 N–H and O–H groups in total. The number of hydrogen-bond donors (Lipinski definition) is 1. The molecule has 0 bridgehead atoms. The molecule has 0 fully saturated rings. The maximum absolute atomic E-state index is 11.9. The Hall–Kier alpha value is -1.34. The van der Waals surface area contributed by atoms with Crippen molar-refractivity contribution in [1.29, 1.82) is 0 Å². The van der Waals surface area contributed by atoms with E-state index in [-0.39, 0.29) is 6.04 Å². The number of ether oxygens (including phenoxy) is 2. The number of aryl methyl sites for hydroxylation is 1. The standard InChI is InChI=1S/C13H19F3N2O2/c1-3-10(17)6-11-12(5-4-9(2)18-11)20-8-19-7-13(14,15)16/h4-5,10H,3,6-8,17H2,1-2H3. The highest BCUT2D eigenvalue weighted by atomic mass is 19.4. The molecule has 0 aliphatic rings. The number of aromatic nitrogens is 1. The Balaban J connectivity index is 2.60. The van der Waals surface area contributed by atoms with E-state index in [2.05, 4.69) is 9.72 Å². The van der Waals surface area contributed by atoms with E-state index < -0.39 is 19.6 Å². The lowest BCUT2D eigenvalue weighted by atomic mass is 10.1.